The first-order chi connectivity index (χ1) is 8.36. The Balaban J connectivity index is 0.000000171. The molecule has 0 amide bonds. The summed E-state index contributed by atoms with van der Waals surface area (Å²) in [5, 5.41) is 0. The Bertz CT molecular complexity index is 163. The van der Waals surface area contributed by atoms with Crippen LogP contribution in [0.25, 0.3) is 0 Å². The van der Waals surface area contributed by atoms with Gasteiger partial charge in [-0.2, -0.15) is 0 Å². The normalized spacial score (nSPS) is 26.1. The van der Waals surface area contributed by atoms with E-state index in [1.54, 1.807) is 0 Å². The molecular weight excluding hydrogens is 218 g/mol. The van der Waals surface area contributed by atoms with Gasteiger partial charge in [0.2, 0.25) is 0 Å². The second-order valence-corrected chi connectivity index (χ2v) is 4.43. The zero-order chi connectivity index (χ0) is 12.3. The predicted octanol–water partition coefficient (Wildman–Crippen LogP) is 1.54. The molecule has 2 heterocycles. The molecule has 17 heavy (non-hydrogen) atoms. The minimum absolute atomic E-state index is 0.365. The zero-order valence-electron chi connectivity index (χ0n) is 11.3. The van der Waals surface area contributed by atoms with Crippen LogP contribution in [0.4, 0.5) is 0 Å². The van der Waals surface area contributed by atoms with Gasteiger partial charge in [-0.1, -0.05) is 13.8 Å². The quantitative estimate of drug-likeness (QED) is 0.754. The molecule has 2 aliphatic rings. The lowest BCUT2D eigenvalue weighted by Crippen LogP contribution is -2.36. The molecule has 0 radical (unpaired) electrons. The third-order valence-electron chi connectivity index (χ3n) is 2.98. The third-order valence-corrected chi connectivity index (χ3v) is 2.98. The summed E-state index contributed by atoms with van der Waals surface area (Å²) in [6.07, 6.45) is 2.70. The Morgan fingerprint density at radius 2 is 1.76 bits per heavy atom. The highest BCUT2D eigenvalue weighted by molar-refractivity contribution is 4.59. The summed E-state index contributed by atoms with van der Waals surface area (Å²) in [5.74, 6) is 0. The van der Waals surface area contributed by atoms with E-state index in [-0.39, 0.29) is 0 Å². The first-order valence-corrected chi connectivity index (χ1v) is 6.86. The van der Waals surface area contributed by atoms with Crippen molar-refractivity contribution >= 4 is 0 Å². The van der Waals surface area contributed by atoms with Crippen molar-refractivity contribution in [1.29, 1.82) is 0 Å². The van der Waals surface area contributed by atoms with Gasteiger partial charge in [0.25, 0.3) is 0 Å². The summed E-state index contributed by atoms with van der Waals surface area (Å²) >= 11 is 0. The van der Waals surface area contributed by atoms with Crippen molar-refractivity contribution in [2.45, 2.75) is 32.8 Å². The van der Waals surface area contributed by atoms with Crippen molar-refractivity contribution < 1.29 is 14.2 Å². The molecule has 1 atom stereocenters. The fourth-order valence-electron chi connectivity index (χ4n) is 1.91. The highest BCUT2D eigenvalue weighted by Gasteiger charge is 2.10. The van der Waals surface area contributed by atoms with Gasteiger partial charge in [0.05, 0.1) is 39.1 Å². The molecule has 0 aromatic carbocycles. The van der Waals surface area contributed by atoms with E-state index in [0.29, 0.717) is 6.10 Å². The average Bonchev–Trinajstić information content (AvgIpc) is 2.42. The molecule has 2 rings (SSSR count). The fraction of sp³-hybridized carbons (Fsp3) is 1.00. The molecule has 0 bridgehead atoms. The topological polar surface area (TPSA) is 30.9 Å². The molecule has 102 valence electrons. The maximum atomic E-state index is 5.30. The summed E-state index contributed by atoms with van der Waals surface area (Å²) in [4.78, 5) is 2.45. The van der Waals surface area contributed by atoms with E-state index in [9.17, 15) is 0 Å². The minimum atomic E-state index is 0.365. The number of hydrogen-bond acceptors (Lipinski definition) is 4. The molecule has 4 nitrogen and oxygen atoms in total. The van der Waals surface area contributed by atoms with Crippen LogP contribution < -0.4 is 0 Å². The van der Waals surface area contributed by atoms with E-state index in [0.717, 1.165) is 52.5 Å². The van der Waals surface area contributed by atoms with Crippen molar-refractivity contribution in [3.63, 3.8) is 0 Å². The Kier molecular flexibility index (Phi) is 8.61. The van der Waals surface area contributed by atoms with E-state index >= 15 is 0 Å². The van der Waals surface area contributed by atoms with E-state index < -0.39 is 0 Å². The van der Waals surface area contributed by atoms with Crippen LogP contribution in [0.15, 0.2) is 0 Å². The second kappa shape index (κ2) is 9.83. The molecule has 2 aliphatic heterocycles. The monoisotopic (exact) mass is 245 g/mol. The minimum Gasteiger partial charge on any atom is -0.379 e. The highest BCUT2D eigenvalue weighted by Crippen LogP contribution is 2.02. The number of hydrogen-bond donors (Lipinski definition) is 0. The van der Waals surface area contributed by atoms with Gasteiger partial charge in [-0.05, 0) is 19.4 Å². The van der Waals surface area contributed by atoms with Gasteiger partial charge in [-0.3, -0.25) is 4.90 Å². The van der Waals surface area contributed by atoms with Crippen molar-refractivity contribution in [2.24, 2.45) is 0 Å². The van der Waals surface area contributed by atoms with Gasteiger partial charge in [0.1, 0.15) is 0 Å². The molecule has 2 fully saturated rings. The van der Waals surface area contributed by atoms with Crippen molar-refractivity contribution in [1.82, 2.24) is 4.90 Å². The molecular formula is C13H27NO3. The van der Waals surface area contributed by atoms with Gasteiger partial charge in [-0.25, -0.2) is 0 Å². The van der Waals surface area contributed by atoms with E-state index in [4.69, 9.17) is 14.2 Å². The number of rotatable bonds is 3. The van der Waals surface area contributed by atoms with Gasteiger partial charge < -0.3 is 14.2 Å². The Labute approximate surface area is 105 Å². The third kappa shape index (κ3) is 6.99. The molecule has 0 aromatic heterocycles. The van der Waals surface area contributed by atoms with Crippen LogP contribution in [0.1, 0.15) is 26.7 Å². The summed E-state index contributed by atoms with van der Waals surface area (Å²) in [5.41, 5.74) is 0. The van der Waals surface area contributed by atoms with Crippen LogP contribution >= 0.6 is 0 Å². The first kappa shape index (κ1) is 14.9. The SMILES string of the molecule is CCC1COCCO1.CCCN1CCOCC1. The number of nitrogens with zero attached hydrogens (tertiary/aromatic N) is 1. The van der Waals surface area contributed by atoms with Gasteiger partial charge in [-0.15, -0.1) is 0 Å². The standard InChI is InChI=1S/C7H15NO.C6H12O2/c1-2-3-8-4-6-9-7-5-8;1-2-6-5-7-3-4-8-6/h2-7H2,1H3;6H,2-5H2,1H3. The van der Waals surface area contributed by atoms with Crippen LogP contribution in [0, 0.1) is 0 Å². The number of morpholine rings is 1. The maximum Gasteiger partial charge on any atom is 0.0807 e. The number of ether oxygens (including phenoxy) is 3. The lowest BCUT2D eigenvalue weighted by molar-refractivity contribution is -0.0887. The van der Waals surface area contributed by atoms with E-state index in [1.165, 1.54) is 13.0 Å². The van der Waals surface area contributed by atoms with Gasteiger partial charge in [0.15, 0.2) is 0 Å². The van der Waals surface area contributed by atoms with Crippen LogP contribution in [-0.4, -0.2) is 63.7 Å². The van der Waals surface area contributed by atoms with Crippen LogP contribution in [0.3, 0.4) is 0 Å². The van der Waals surface area contributed by atoms with Crippen molar-refractivity contribution in [3.8, 4) is 0 Å². The van der Waals surface area contributed by atoms with Crippen molar-refractivity contribution in [2.75, 3.05) is 52.7 Å². The van der Waals surface area contributed by atoms with Gasteiger partial charge in [0, 0.05) is 13.1 Å². The Morgan fingerprint density at radius 3 is 2.24 bits per heavy atom. The summed E-state index contributed by atoms with van der Waals surface area (Å²) in [6.45, 7) is 12.0. The fourth-order valence-corrected chi connectivity index (χ4v) is 1.91. The largest absolute Gasteiger partial charge is 0.379 e. The Hall–Kier alpha value is -0.160. The Morgan fingerprint density at radius 1 is 1.00 bits per heavy atom. The predicted molar refractivity (Wildman–Crippen MR) is 68.4 cm³/mol. The molecule has 0 aromatic rings. The van der Waals surface area contributed by atoms with Gasteiger partial charge >= 0.3 is 0 Å². The average molecular weight is 245 g/mol. The first-order valence-electron chi connectivity index (χ1n) is 6.86. The lowest BCUT2D eigenvalue weighted by Gasteiger charge is -2.25. The van der Waals surface area contributed by atoms with Crippen LogP contribution in [0.5, 0.6) is 0 Å². The lowest BCUT2D eigenvalue weighted by atomic mass is 10.3. The summed E-state index contributed by atoms with van der Waals surface area (Å²) in [7, 11) is 0. The molecule has 0 N–H and O–H groups in total. The highest BCUT2D eigenvalue weighted by atomic mass is 16.6. The molecule has 1 unspecified atom stereocenters. The second-order valence-electron chi connectivity index (χ2n) is 4.43. The van der Waals surface area contributed by atoms with E-state index in [1.807, 2.05) is 0 Å². The molecule has 0 spiro atoms. The molecule has 2 saturated heterocycles. The van der Waals surface area contributed by atoms with Crippen LogP contribution in [0.2, 0.25) is 0 Å². The maximum absolute atomic E-state index is 5.30. The molecule has 0 saturated carbocycles. The zero-order valence-corrected chi connectivity index (χ0v) is 11.3. The molecule has 0 aliphatic carbocycles. The summed E-state index contributed by atoms with van der Waals surface area (Å²) < 4.78 is 15.7. The molecule has 4 heteroatoms. The summed E-state index contributed by atoms with van der Waals surface area (Å²) in [6, 6.07) is 0. The smallest absolute Gasteiger partial charge is 0.0807 e. The van der Waals surface area contributed by atoms with Crippen LogP contribution in [-0.2, 0) is 14.2 Å². The van der Waals surface area contributed by atoms with Crippen molar-refractivity contribution in [3.05, 3.63) is 0 Å². The van der Waals surface area contributed by atoms with E-state index in [2.05, 4.69) is 18.7 Å².